The molecule has 2 rings (SSSR count). The summed E-state index contributed by atoms with van der Waals surface area (Å²) in [5.74, 6) is 0.151. The number of carbonyl (C=O) groups is 2. The van der Waals surface area contributed by atoms with E-state index in [1.54, 1.807) is 25.1 Å². The molecule has 0 radical (unpaired) electrons. The average molecular weight is 334 g/mol. The van der Waals surface area contributed by atoms with Crippen molar-refractivity contribution in [1.82, 2.24) is 4.98 Å². The zero-order valence-electron chi connectivity index (χ0n) is 13.6. The molecule has 1 amide bonds. The Labute approximate surface area is 138 Å². The van der Waals surface area contributed by atoms with Crippen molar-refractivity contribution in [2.24, 2.45) is 0 Å². The monoisotopic (exact) mass is 334 g/mol. The molecular weight excluding hydrogens is 316 g/mol. The van der Waals surface area contributed by atoms with Crippen LogP contribution in [-0.4, -0.2) is 37.7 Å². The third-order valence-corrected chi connectivity index (χ3v) is 3.05. The number of nitrogens with one attached hydrogen (secondary N) is 1. The van der Waals surface area contributed by atoms with Gasteiger partial charge < -0.3 is 18.6 Å². The Morgan fingerprint density at radius 3 is 2.62 bits per heavy atom. The van der Waals surface area contributed by atoms with Crippen molar-refractivity contribution < 1.29 is 28.2 Å². The van der Waals surface area contributed by atoms with Crippen LogP contribution in [0, 0.1) is 0 Å². The van der Waals surface area contributed by atoms with Gasteiger partial charge in [0.05, 0.1) is 27.2 Å². The quantitative estimate of drug-likeness (QED) is 0.773. The number of benzene rings is 1. The predicted octanol–water partition coefficient (Wildman–Crippen LogP) is 2.05. The second kappa shape index (κ2) is 8.00. The minimum absolute atomic E-state index is 0.00160. The van der Waals surface area contributed by atoms with Gasteiger partial charge in [0, 0.05) is 0 Å². The van der Waals surface area contributed by atoms with E-state index in [-0.39, 0.29) is 30.6 Å². The Bertz CT molecular complexity index is 725. The number of ether oxygens (including phenoxy) is 3. The summed E-state index contributed by atoms with van der Waals surface area (Å²) in [6.45, 7) is 1.91. The molecule has 24 heavy (non-hydrogen) atoms. The van der Waals surface area contributed by atoms with E-state index in [2.05, 4.69) is 10.3 Å². The molecule has 0 atom stereocenters. The number of oxazole rings is 1. The highest BCUT2D eigenvalue weighted by atomic mass is 16.5. The molecule has 8 heteroatoms. The van der Waals surface area contributed by atoms with Gasteiger partial charge in [-0.3, -0.25) is 10.1 Å². The number of hydrogen-bond acceptors (Lipinski definition) is 7. The molecule has 8 nitrogen and oxygen atoms in total. The van der Waals surface area contributed by atoms with Crippen molar-refractivity contribution in [3.8, 4) is 11.5 Å². The summed E-state index contributed by atoms with van der Waals surface area (Å²) in [6.07, 6.45) is 1.21. The standard InChI is InChI=1S/C16H18N2O6/c1-4-23-15(20)11-9-24-16(17-11)18-14(19)8-10-5-6-12(21-2)13(7-10)22-3/h5-7,9H,4,8H2,1-3H3,(H,17,18,19). The molecule has 2 aromatic rings. The average Bonchev–Trinajstić information content (AvgIpc) is 3.03. The third kappa shape index (κ3) is 4.25. The van der Waals surface area contributed by atoms with Crippen LogP contribution in [0.3, 0.4) is 0 Å². The summed E-state index contributed by atoms with van der Waals surface area (Å²) in [6, 6.07) is 5.10. The number of methoxy groups -OCH3 is 2. The van der Waals surface area contributed by atoms with E-state index in [4.69, 9.17) is 18.6 Å². The number of aromatic nitrogens is 1. The van der Waals surface area contributed by atoms with Crippen LogP contribution in [0.1, 0.15) is 23.0 Å². The molecule has 0 aliphatic carbocycles. The van der Waals surface area contributed by atoms with Gasteiger partial charge >= 0.3 is 12.0 Å². The number of esters is 1. The molecular formula is C16H18N2O6. The van der Waals surface area contributed by atoms with E-state index < -0.39 is 5.97 Å². The van der Waals surface area contributed by atoms with Crippen LogP contribution in [0.25, 0.3) is 0 Å². The molecule has 0 aliphatic rings. The SMILES string of the molecule is CCOC(=O)c1coc(NC(=O)Cc2ccc(OC)c(OC)c2)n1. The molecule has 0 fully saturated rings. The summed E-state index contributed by atoms with van der Waals surface area (Å²) in [5.41, 5.74) is 0.723. The lowest BCUT2D eigenvalue weighted by Crippen LogP contribution is -2.15. The molecule has 0 saturated carbocycles. The van der Waals surface area contributed by atoms with Crippen molar-refractivity contribution in [3.05, 3.63) is 35.7 Å². The minimum Gasteiger partial charge on any atom is -0.493 e. The second-order valence-corrected chi connectivity index (χ2v) is 4.67. The highest BCUT2D eigenvalue weighted by Gasteiger charge is 2.15. The molecule has 0 aliphatic heterocycles. The Balaban J connectivity index is 1.99. The number of amides is 1. The fraction of sp³-hybridized carbons (Fsp3) is 0.312. The first-order valence-corrected chi connectivity index (χ1v) is 7.20. The van der Waals surface area contributed by atoms with E-state index in [9.17, 15) is 9.59 Å². The summed E-state index contributed by atoms with van der Waals surface area (Å²) < 4.78 is 20.2. The van der Waals surface area contributed by atoms with Crippen LogP contribution < -0.4 is 14.8 Å². The topological polar surface area (TPSA) is 99.9 Å². The van der Waals surface area contributed by atoms with E-state index in [0.29, 0.717) is 11.5 Å². The predicted molar refractivity (Wildman–Crippen MR) is 84.3 cm³/mol. The summed E-state index contributed by atoms with van der Waals surface area (Å²) >= 11 is 0. The smallest absolute Gasteiger partial charge is 0.360 e. The van der Waals surface area contributed by atoms with Gasteiger partial charge in [-0.15, -0.1) is 0 Å². The van der Waals surface area contributed by atoms with Crippen molar-refractivity contribution in [2.75, 3.05) is 26.1 Å². The van der Waals surface area contributed by atoms with Gasteiger partial charge in [-0.2, -0.15) is 4.98 Å². The summed E-state index contributed by atoms with van der Waals surface area (Å²) in [5, 5.41) is 2.48. The van der Waals surface area contributed by atoms with Gasteiger partial charge in [0.2, 0.25) is 5.91 Å². The third-order valence-electron chi connectivity index (χ3n) is 3.05. The molecule has 0 unspecified atom stereocenters. The van der Waals surface area contributed by atoms with Gasteiger partial charge in [-0.1, -0.05) is 6.07 Å². The number of carbonyl (C=O) groups excluding carboxylic acids is 2. The lowest BCUT2D eigenvalue weighted by molar-refractivity contribution is -0.115. The highest BCUT2D eigenvalue weighted by molar-refractivity contribution is 5.92. The van der Waals surface area contributed by atoms with Crippen LogP contribution in [0.4, 0.5) is 6.01 Å². The molecule has 128 valence electrons. The Morgan fingerprint density at radius 2 is 1.96 bits per heavy atom. The maximum Gasteiger partial charge on any atom is 0.360 e. The number of hydrogen-bond donors (Lipinski definition) is 1. The lowest BCUT2D eigenvalue weighted by atomic mass is 10.1. The van der Waals surface area contributed by atoms with Gasteiger partial charge in [-0.25, -0.2) is 4.79 Å². The molecule has 1 N–H and O–H groups in total. The minimum atomic E-state index is -0.610. The first-order chi connectivity index (χ1) is 11.6. The van der Waals surface area contributed by atoms with E-state index >= 15 is 0 Å². The fourth-order valence-corrected chi connectivity index (χ4v) is 1.97. The maximum absolute atomic E-state index is 12.0. The molecule has 0 bridgehead atoms. The second-order valence-electron chi connectivity index (χ2n) is 4.67. The maximum atomic E-state index is 12.0. The fourth-order valence-electron chi connectivity index (χ4n) is 1.97. The Hall–Kier alpha value is -3.03. The number of nitrogens with zero attached hydrogens (tertiary/aromatic N) is 1. The molecule has 1 aromatic heterocycles. The van der Waals surface area contributed by atoms with Gasteiger partial charge in [-0.05, 0) is 24.6 Å². The summed E-state index contributed by atoms with van der Waals surface area (Å²) in [7, 11) is 3.05. The zero-order chi connectivity index (χ0) is 17.5. The first-order valence-electron chi connectivity index (χ1n) is 7.20. The van der Waals surface area contributed by atoms with E-state index in [0.717, 1.165) is 11.8 Å². The van der Waals surface area contributed by atoms with Crippen molar-refractivity contribution in [3.63, 3.8) is 0 Å². The van der Waals surface area contributed by atoms with Crippen molar-refractivity contribution in [1.29, 1.82) is 0 Å². The van der Waals surface area contributed by atoms with Crippen molar-refractivity contribution >= 4 is 17.9 Å². The highest BCUT2D eigenvalue weighted by Crippen LogP contribution is 2.27. The largest absolute Gasteiger partial charge is 0.493 e. The molecule has 0 saturated heterocycles. The van der Waals surface area contributed by atoms with Gasteiger partial charge in [0.15, 0.2) is 17.2 Å². The lowest BCUT2D eigenvalue weighted by Gasteiger charge is -2.09. The Kier molecular flexibility index (Phi) is 5.78. The number of anilines is 1. The number of rotatable bonds is 7. The van der Waals surface area contributed by atoms with Crippen LogP contribution >= 0.6 is 0 Å². The van der Waals surface area contributed by atoms with E-state index in [1.165, 1.54) is 14.2 Å². The molecule has 1 heterocycles. The van der Waals surface area contributed by atoms with Crippen LogP contribution in [0.2, 0.25) is 0 Å². The summed E-state index contributed by atoms with van der Waals surface area (Å²) in [4.78, 5) is 27.4. The van der Waals surface area contributed by atoms with Gasteiger partial charge in [0.1, 0.15) is 6.26 Å². The van der Waals surface area contributed by atoms with Crippen molar-refractivity contribution in [2.45, 2.75) is 13.3 Å². The zero-order valence-corrected chi connectivity index (χ0v) is 13.6. The van der Waals surface area contributed by atoms with Crippen LogP contribution in [-0.2, 0) is 16.0 Å². The molecule has 1 aromatic carbocycles. The van der Waals surface area contributed by atoms with Crippen LogP contribution in [0.5, 0.6) is 11.5 Å². The normalized spacial score (nSPS) is 10.1. The van der Waals surface area contributed by atoms with E-state index in [1.807, 2.05) is 0 Å². The van der Waals surface area contributed by atoms with Gasteiger partial charge in [0.25, 0.3) is 0 Å². The Morgan fingerprint density at radius 1 is 1.21 bits per heavy atom. The van der Waals surface area contributed by atoms with Crippen LogP contribution in [0.15, 0.2) is 28.9 Å². The molecule has 0 spiro atoms. The first kappa shape index (κ1) is 17.3.